The van der Waals surface area contributed by atoms with Gasteiger partial charge in [0, 0.05) is 42.6 Å². The van der Waals surface area contributed by atoms with E-state index in [4.69, 9.17) is 10.1 Å². The number of rotatable bonds is 5. The molecule has 2 aliphatic rings. The fourth-order valence-corrected chi connectivity index (χ4v) is 4.49. The summed E-state index contributed by atoms with van der Waals surface area (Å²) in [4.78, 5) is 32.2. The first kappa shape index (κ1) is 18.9. The fourth-order valence-electron chi connectivity index (χ4n) is 4.49. The number of nitrogens with zero attached hydrogens (tertiary/aromatic N) is 2. The average Bonchev–Trinajstić information content (AvgIpc) is 3.43. The zero-order valence-electron chi connectivity index (χ0n) is 16.1. The molecular formula is C22H27N3O3. The van der Waals surface area contributed by atoms with Gasteiger partial charge >= 0.3 is 0 Å². The van der Waals surface area contributed by atoms with Crippen LogP contribution in [0.4, 0.5) is 0 Å². The summed E-state index contributed by atoms with van der Waals surface area (Å²) in [7, 11) is 0. The van der Waals surface area contributed by atoms with Crippen LogP contribution in [0.15, 0.2) is 30.3 Å². The number of fused-ring (bicyclic) bond motifs is 1. The minimum atomic E-state index is -0.203. The Labute approximate surface area is 164 Å². The Hall–Kier alpha value is -2.47. The molecule has 6 heteroatoms. The number of benzene rings is 1. The van der Waals surface area contributed by atoms with Crippen LogP contribution >= 0.6 is 0 Å². The van der Waals surface area contributed by atoms with Crippen LogP contribution in [0.25, 0.3) is 10.9 Å². The van der Waals surface area contributed by atoms with E-state index >= 15 is 0 Å². The molecule has 2 heterocycles. The molecule has 0 spiro atoms. The van der Waals surface area contributed by atoms with Crippen molar-refractivity contribution in [3.05, 3.63) is 41.6 Å². The van der Waals surface area contributed by atoms with E-state index in [1.54, 1.807) is 0 Å². The van der Waals surface area contributed by atoms with Gasteiger partial charge in [-0.1, -0.05) is 31.0 Å². The Morgan fingerprint density at radius 3 is 2.75 bits per heavy atom. The van der Waals surface area contributed by atoms with Gasteiger partial charge in [0.2, 0.25) is 5.91 Å². The SMILES string of the molecule is O=C(NCCO)c1cc(C2CCN(C(=O)C3CCCC3)C2)nc2ccccc12. The van der Waals surface area contributed by atoms with Crippen molar-refractivity contribution in [3.63, 3.8) is 0 Å². The highest BCUT2D eigenvalue weighted by Crippen LogP contribution is 2.33. The third-order valence-electron chi connectivity index (χ3n) is 6.00. The van der Waals surface area contributed by atoms with Crippen molar-refractivity contribution in [1.29, 1.82) is 0 Å². The highest BCUT2D eigenvalue weighted by molar-refractivity contribution is 6.06. The highest BCUT2D eigenvalue weighted by atomic mass is 16.3. The van der Waals surface area contributed by atoms with E-state index in [1.165, 1.54) is 0 Å². The van der Waals surface area contributed by atoms with E-state index in [1.807, 2.05) is 35.2 Å². The topological polar surface area (TPSA) is 82.5 Å². The maximum Gasteiger partial charge on any atom is 0.252 e. The molecule has 1 aromatic heterocycles. The van der Waals surface area contributed by atoms with E-state index in [2.05, 4.69) is 5.32 Å². The lowest BCUT2D eigenvalue weighted by molar-refractivity contribution is -0.134. The number of pyridine rings is 1. The van der Waals surface area contributed by atoms with Gasteiger partial charge in [0.15, 0.2) is 0 Å². The number of carbonyl (C=O) groups is 2. The maximum atomic E-state index is 12.7. The Morgan fingerprint density at radius 1 is 1.18 bits per heavy atom. The number of nitrogens with one attached hydrogen (secondary N) is 1. The number of hydrogen-bond acceptors (Lipinski definition) is 4. The second-order valence-corrected chi connectivity index (χ2v) is 7.84. The minimum absolute atomic E-state index is 0.0948. The summed E-state index contributed by atoms with van der Waals surface area (Å²) >= 11 is 0. The van der Waals surface area contributed by atoms with Gasteiger partial charge in [0.25, 0.3) is 5.91 Å². The van der Waals surface area contributed by atoms with Crippen molar-refractivity contribution in [2.75, 3.05) is 26.2 Å². The number of hydrogen-bond donors (Lipinski definition) is 2. The van der Waals surface area contributed by atoms with E-state index in [0.29, 0.717) is 18.0 Å². The van der Waals surface area contributed by atoms with Crippen LogP contribution < -0.4 is 5.32 Å². The fraction of sp³-hybridized carbons (Fsp3) is 0.500. The molecule has 4 rings (SSSR count). The van der Waals surface area contributed by atoms with Crippen molar-refractivity contribution < 1.29 is 14.7 Å². The molecule has 2 aromatic rings. The van der Waals surface area contributed by atoms with Crippen LogP contribution in [0.2, 0.25) is 0 Å². The largest absolute Gasteiger partial charge is 0.395 e. The van der Waals surface area contributed by atoms with Gasteiger partial charge in [-0.15, -0.1) is 0 Å². The van der Waals surface area contributed by atoms with Gasteiger partial charge in [-0.3, -0.25) is 14.6 Å². The van der Waals surface area contributed by atoms with Gasteiger partial charge in [0.1, 0.15) is 0 Å². The number of amides is 2. The molecule has 1 saturated heterocycles. The number of likely N-dealkylation sites (tertiary alicyclic amines) is 1. The molecular weight excluding hydrogens is 354 g/mol. The summed E-state index contributed by atoms with van der Waals surface area (Å²) in [6.45, 7) is 1.57. The Kier molecular flexibility index (Phi) is 5.57. The first-order valence-electron chi connectivity index (χ1n) is 10.2. The van der Waals surface area contributed by atoms with Crippen LogP contribution in [0.1, 0.15) is 54.1 Å². The molecule has 1 aromatic carbocycles. The molecule has 28 heavy (non-hydrogen) atoms. The predicted molar refractivity (Wildman–Crippen MR) is 107 cm³/mol. The third-order valence-corrected chi connectivity index (χ3v) is 6.00. The predicted octanol–water partition coefficient (Wildman–Crippen LogP) is 2.46. The molecule has 0 bridgehead atoms. The van der Waals surface area contributed by atoms with E-state index in [0.717, 1.165) is 55.2 Å². The number of para-hydroxylation sites is 1. The van der Waals surface area contributed by atoms with E-state index in [-0.39, 0.29) is 30.9 Å². The van der Waals surface area contributed by atoms with Crippen LogP contribution in [-0.4, -0.2) is 53.0 Å². The van der Waals surface area contributed by atoms with Gasteiger partial charge in [0.05, 0.1) is 17.7 Å². The molecule has 6 nitrogen and oxygen atoms in total. The Morgan fingerprint density at radius 2 is 1.96 bits per heavy atom. The second-order valence-electron chi connectivity index (χ2n) is 7.84. The molecule has 2 N–H and O–H groups in total. The van der Waals surface area contributed by atoms with Crippen molar-refractivity contribution in [2.24, 2.45) is 5.92 Å². The summed E-state index contributed by atoms with van der Waals surface area (Å²) < 4.78 is 0. The van der Waals surface area contributed by atoms with E-state index in [9.17, 15) is 9.59 Å². The summed E-state index contributed by atoms with van der Waals surface area (Å²) in [6.07, 6.45) is 5.23. The number of aliphatic hydroxyl groups excluding tert-OH is 1. The summed E-state index contributed by atoms with van der Waals surface area (Å²) in [5.41, 5.74) is 2.24. The highest BCUT2D eigenvalue weighted by Gasteiger charge is 2.33. The van der Waals surface area contributed by atoms with Crippen LogP contribution in [0.5, 0.6) is 0 Å². The van der Waals surface area contributed by atoms with Crippen LogP contribution in [0.3, 0.4) is 0 Å². The number of carbonyl (C=O) groups excluding carboxylic acids is 2. The number of aromatic nitrogens is 1. The van der Waals surface area contributed by atoms with Crippen molar-refractivity contribution in [3.8, 4) is 0 Å². The van der Waals surface area contributed by atoms with Crippen molar-refractivity contribution in [1.82, 2.24) is 15.2 Å². The average molecular weight is 381 g/mol. The van der Waals surface area contributed by atoms with Crippen LogP contribution in [0, 0.1) is 5.92 Å². The lowest BCUT2D eigenvalue weighted by Crippen LogP contribution is -2.33. The molecule has 1 aliphatic heterocycles. The minimum Gasteiger partial charge on any atom is -0.395 e. The molecule has 1 atom stereocenters. The summed E-state index contributed by atoms with van der Waals surface area (Å²) in [6, 6.07) is 9.48. The second kappa shape index (κ2) is 8.27. The molecule has 148 valence electrons. The van der Waals surface area contributed by atoms with Gasteiger partial charge in [-0.05, 0) is 31.4 Å². The third kappa shape index (κ3) is 3.74. The molecule has 1 saturated carbocycles. The molecule has 0 radical (unpaired) electrons. The van der Waals surface area contributed by atoms with Gasteiger partial charge in [-0.2, -0.15) is 0 Å². The Balaban J connectivity index is 1.58. The molecule has 1 aliphatic carbocycles. The first-order chi connectivity index (χ1) is 13.7. The summed E-state index contributed by atoms with van der Waals surface area (Å²) in [5.74, 6) is 0.440. The maximum absolute atomic E-state index is 12.7. The lowest BCUT2D eigenvalue weighted by Gasteiger charge is -2.20. The normalized spacial score (nSPS) is 20.0. The van der Waals surface area contributed by atoms with E-state index < -0.39 is 0 Å². The number of aliphatic hydroxyl groups is 1. The van der Waals surface area contributed by atoms with Gasteiger partial charge < -0.3 is 15.3 Å². The quantitative estimate of drug-likeness (QED) is 0.834. The van der Waals surface area contributed by atoms with Crippen molar-refractivity contribution >= 4 is 22.7 Å². The summed E-state index contributed by atoms with van der Waals surface area (Å²) in [5, 5.41) is 12.6. The standard InChI is InChI=1S/C22H27N3O3/c26-12-10-23-21(27)18-13-20(24-19-8-4-3-7-17(18)19)16-9-11-25(14-16)22(28)15-5-1-2-6-15/h3-4,7-8,13,15-16,26H,1-2,5-6,9-12,14H2,(H,23,27). The zero-order valence-corrected chi connectivity index (χ0v) is 16.1. The van der Waals surface area contributed by atoms with Crippen LogP contribution in [-0.2, 0) is 4.79 Å². The van der Waals surface area contributed by atoms with Crippen molar-refractivity contribution in [2.45, 2.75) is 38.0 Å². The zero-order chi connectivity index (χ0) is 19.5. The molecule has 2 amide bonds. The van der Waals surface area contributed by atoms with Gasteiger partial charge in [-0.25, -0.2) is 0 Å². The first-order valence-corrected chi connectivity index (χ1v) is 10.2. The lowest BCUT2D eigenvalue weighted by atomic mass is 9.99. The Bertz CT molecular complexity index is 876. The smallest absolute Gasteiger partial charge is 0.252 e. The monoisotopic (exact) mass is 381 g/mol. The molecule has 2 fully saturated rings. The molecule has 1 unspecified atom stereocenters.